The normalized spacial score (nSPS) is 19.7. The van der Waals surface area contributed by atoms with Gasteiger partial charge in [0.15, 0.2) is 0 Å². The molecule has 0 saturated carbocycles. The number of piperazine rings is 1. The lowest BCUT2D eigenvalue weighted by Crippen LogP contribution is -2.53. The number of nitrogens with zero attached hydrogens (tertiary/aromatic N) is 2. The largest absolute Gasteiger partial charge is 0.339 e. The van der Waals surface area contributed by atoms with Gasteiger partial charge in [0.1, 0.15) is 0 Å². The summed E-state index contributed by atoms with van der Waals surface area (Å²) in [5, 5.41) is 4.93. The topological polar surface area (TPSA) is 110 Å². The van der Waals surface area contributed by atoms with Crippen molar-refractivity contribution in [2.75, 3.05) is 32.7 Å². The summed E-state index contributed by atoms with van der Waals surface area (Å²) in [5.74, 6) is -0.168. The Balaban J connectivity index is 2.51. The van der Waals surface area contributed by atoms with Crippen molar-refractivity contribution >= 4 is 16.1 Å². The second-order valence-electron chi connectivity index (χ2n) is 3.03. The van der Waals surface area contributed by atoms with Gasteiger partial charge >= 0.3 is 0 Å². The summed E-state index contributed by atoms with van der Waals surface area (Å²) in [5.41, 5.74) is 5.18. The van der Waals surface area contributed by atoms with Gasteiger partial charge in [-0.2, -0.15) is 12.7 Å². The van der Waals surface area contributed by atoms with E-state index in [0.717, 1.165) is 4.31 Å². The van der Waals surface area contributed by atoms with E-state index in [9.17, 15) is 13.2 Å². The van der Waals surface area contributed by atoms with E-state index >= 15 is 0 Å². The van der Waals surface area contributed by atoms with Crippen molar-refractivity contribution in [2.24, 2.45) is 10.9 Å². The average molecular weight is 222 g/mol. The lowest BCUT2D eigenvalue weighted by Gasteiger charge is -2.32. The Bertz CT molecular complexity index is 307. The van der Waals surface area contributed by atoms with Crippen LogP contribution in [0.25, 0.3) is 0 Å². The van der Waals surface area contributed by atoms with Gasteiger partial charge < -0.3 is 10.6 Å². The Labute approximate surface area is 82.8 Å². The molecule has 0 radical (unpaired) electrons. The summed E-state index contributed by atoms with van der Waals surface area (Å²) in [6.07, 6.45) is 0. The molecule has 4 N–H and O–H groups in total. The van der Waals surface area contributed by atoms with Crippen LogP contribution in [0, 0.1) is 0 Å². The lowest BCUT2D eigenvalue weighted by molar-refractivity contribution is -0.130. The highest BCUT2D eigenvalue weighted by molar-refractivity contribution is 7.86. The third-order valence-corrected chi connectivity index (χ3v) is 3.21. The van der Waals surface area contributed by atoms with Gasteiger partial charge in [-0.1, -0.05) is 0 Å². The molecular weight excluding hydrogens is 208 g/mol. The first-order chi connectivity index (χ1) is 6.45. The van der Waals surface area contributed by atoms with Crippen LogP contribution >= 0.6 is 0 Å². The van der Waals surface area contributed by atoms with Crippen LogP contribution in [0.5, 0.6) is 0 Å². The molecule has 1 fully saturated rings. The predicted molar refractivity (Wildman–Crippen MR) is 50.3 cm³/mol. The van der Waals surface area contributed by atoms with Gasteiger partial charge in [-0.05, 0) is 0 Å². The number of amides is 1. The monoisotopic (exact) mass is 222 g/mol. The number of hydrogen-bond donors (Lipinski definition) is 2. The molecule has 1 aliphatic heterocycles. The minimum absolute atomic E-state index is 0.0463. The molecule has 1 heterocycles. The van der Waals surface area contributed by atoms with Crippen LogP contribution in [0.3, 0.4) is 0 Å². The highest BCUT2D eigenvalue weighted by atomic mass is 32.2. The third kappa shape index (κ3) is 2.64. The molecular formula is C6H14N4O3S. The second kappa shape index (κ2) is 4.22. The molecule has 1 aliphatic rings. The van der Waals surface area contributed by atoms with Gasteiger partial charge in [-0.15, -0.1) is 0 Å². The molecule has 1 rings (SSSR count). The van der Waals surface area contributed by atoms with E-state index in [-0.39, 0.29) is 25.5 Å². The zero-order valence-corrected chi connectivity index (χ0v) is 8.53. The maximum Gasteiger partial charge on any atom is 0.277 e. The molecule has 0 unspecified atom stereocenters. The van der Waals surface area contributed by atoms with Gasteiger partial charge in [0.05, 0.1) is 6.54 Å². The van der Waals surface area contributed by atoms with E-state index in [1.54, 1.807) is 0 Å². The van der Waals surface area contributed by atoms with Gasteiger partial charge in [-0.25, -0.2) is 5.14 Å². The lowest BCUT2D eigenvalue weighted by atomic mass is 10.3. The molecule has 0 atom stereocenters. The molecule has 0 aromatic carbocycles. The molecule has 0 bridgehead atoms. The van der Waals surface area contributed by atoms with Crippen LogP contribution in [0.2, 0.25) is 0 Å². The molecule has 14 heavy (non-hydrogen) atoms. The Hall–Kier alpha value is -0.700. The summed E-state index contributed by atoms with van der Waals surface area (Å²) in [6, 6.07) is 0. The summed E-state index contributed by atoms with van der Waals surface area (Å²) in [7, 11) is -3.62. The first-order valence-corrected chi connectivity index (χ1v) is 5.71. The fraction of sp³-hybridized carbons (Fsp3) is 0.833. The minimum Gasteiger partial charge on any atom is -0.339 e. The van der Waals surface area contributed by atoms with Gasteiger partial charge in [-0.3, -0.25) is 4.79 Å². The third-order valence-electron chi connectivity index (χ3n) is 2.13. The zero-order chi connectivity index (χ0) is 10.8. The van der Waals surface area contributed by atoms with Gasteiger partial charge in [0.25, 0.3) is 10.2 Å². The molecule has 7 nitrogen and oxygen atoms in total. The summed E-state index contributed by atoms with van der Waals surface area (Å²) in [4.78, 5) is 12.7. The van der Waals surface area contributed by atoms with Gasteiger partial charge in [0, 0.05) is 26.2 Å². The molecule has 1 amide bonds. The van der Waals surface area contributed by atoms with Crippen LogP contribution in [0.15, 0.2) is 0 Å². The first kappa shape index (κ1) is 11.4. The number of carbonyl (C=O) groups is 1. The highest BCUT2D eigenvalue weighted by Crippen LogP contribution is 2.03. The van der Waals surface area contributed by atoms with Crippen LogP contribution in [0.4, 0.5) is 0 Å². The maximum absolute atomic E-state index is 11.1. The molecule has 0 aromatic heterocycles. The molecule has 0 aromatic rings. The van der Waals surface area contributed by atoms with Crippen LogP contribution < -0.4 is 10.9 Å². The number of carbonyl (C=O) groups excluding carboxylic acids is 1. The minimum atomic E-state index is -3.62. The highest BCUT2D eigenvalue weighted by Gasteiger charge is 2.25. The molecule has 8 heteroatoms. The molecule has 0 spiro atoms. The van der Waals surface area contributed by atoms with E-state index in [0.29, 0.717) is 13.1 Å². The van der Waals surface area contributed by atoms with Crippen LogP contribution in [-0.4, -0.2) is 56.3 Å². The van der Waals surface area contributed by atoms with E-state index in [4.69, 9.17) is 10.9 Å². The van der Waals surface area contributed by atoms with Gasteiger partial charge in [0.2, 0.25) is 5.91 Å². The van der Waals surface area contributed by atoms with E-state index in [1.165, 1.54) is 4.90 Å². The Morgan fingerprint density at radius 3 is 2.07 bits per heavy atom. The predicted octanol–water partition coefficient (Wildman–Crippen LogP) is -2.71. The van der Waals surface area contributed by atoms with Crippen LogP contribution in [-0.2, 0) is 15.0 Å². The number of hydrogen-bond acceptors (Lipinski definition) is 4. The molecule has 0 aliphatic carbocycles. The average Bonchev–Trinajstić information content (AvgIpc) is 2.15. The zero-order valence-electron chi connectivity index (χ0n) is 7.72. The van der Waals surface area contributed by atoms with E-state index < -0.39 is 10.2 Å². The smallest absolute Gasteiger partial charge is 0.277 e. The van der Waals surface area contributed by atoms with Crippen molar-refractivity contribution in [3.63, 3.8) is 0 Å². The Morgan fingerprint density at radius 1 is 1.21 bits per heavy atom. The van der Waals surface area contributed by atoms with E-state index in [1.807, 2.05) is 0 Å². The molecule has 1 saturated heterocycles. The fourth-order valence-corrected chi connectivity index (χ4v) is 1.99. The second-order valence-corrected chi connectivity index (χ2v) is 4.58. The fourth-order valence-electron chi connectivity index (χ4n) is 1.32. The molecule has 82 valence electrons. The van der Waals surface area contributed by atoms with Crippen molar-refractivity contribution in [3.8, 4) is 0 Å². The van der Waals surface area contributed by atoms with Crippen molar-refractivity contribution in [2.45, 2.75) is 0 Å². The van der Waals surface area contributed by atoms with Crippen molar-refractivity contribution in [1.82, 2.24) is 9.21 Å². The standard InChI is InChI=1S/C6H14N4O3S/c7-5-6(11)9-1-3-10(4-2-9)14(8,12)13/h1-5,7H2,(H2,8,12,13). The number of nitrogens with two attached hydrogens (primary N) is 2. The summed E-state index contributed by atoms with van der Waals surface area (Å²) >= 11 is 0. The van der Waals surface area contributed by atoms with Crippen molar-refractivity contribution in [1.29, 1.82) is 0 Å². The quantitative estimate of drug-likeness (QED) is 0.529. The van der Waals surface area contributed by atoms with Crippen molar-refractivity contribution in [3.05, 3.63) is 0 Å². The van der Waals surface area contributed by atoms with E-state index in [2.05, 4.69) is 0 Å². The first-order valence-electron chi connectivity index (χ1n) is 4.21. The SMILES string of the molecule is NCC(=O)N1CCN(S(N)(=O)=O)CC1. The number of rotatable bonds is 2. The summed E-state index contributed by atoms with van der Waals surface area (Å²) < 4.78 is 23.0. The summed E-state index contributed by atoms with van der Waals surface area (Å²) in [6.45, 7) is 1.14. The Morgan fingerprint density at radius 2 is 1.71 bits per heavy atom. The maximum atomic E-state index is 11.1. The van der Waals surface area contributed by atoms with Crippen molar-refractivity contribution < 1.29 is 13.2 Å². The van der Waals surface area contributed by atoms with Crippen LogP contribution in [0.1, 0.15) is 0 Å². The Kier molecular flexibility index (Phi) is 3.43.